The van der Waals surface area contributed by atoms with Crippen LogP contribution >= 0.6 is 39.1 Å². The Labute approximate surface area is 137 Å². The highest BCUT2D eigenvalue weighted by molar-refractivity contribution is 9.10. The maximum Gasteiger partial charge on any atom is 0.120 e. The van der Waals surface area contributed by atoms with E-state index in [0.717, 1.165) is 21.3 Å². The van der Waals surface area contributed by atoms with Crippen LogP contribution in [0.2, 0.25) is 10.0 Å². The van der Waals surface area contributed by atoms with Crippen LogP contribution in [-0.2, 0) is 0 Å². The number of ether oxygens (including phenoxy) is 1. The summed E-state index contributed by atoms with van der Waals surface area (Å²) in [7, 11) is 3.54. The van der Waals surface area contributed by atoms with Gasteiger partial charge in [0.25, 0.3) is 0 Å². The van der Waals surface area contributed by atoms with E-state index in [4.69, 9.17) is 27.9 Å². The van der Waals surface area contributed by atoms with E-state index in [0.29, 0.717) is 10.0 Å². The Morgan fingerprint density at radius 1 is 1.10 bits per heavy atom. The SMILES string of the molecule is CNC(c1ccc(Cl)cc1Cl)c1ccc(OC)cc1Br. The predicted octanol–water partition coefficient (Wildman–Crippen LogP) is 5.07. The van der Waals surface area contributed by atoms with Crippen molar-refractivity contribution in [3.05, 3.63) is 62.0 Å². The second-order valence-corrected chi connectivity index (χ2v) is 5.97. The molecule has 20 heavy (non-hydrogen) atoms. The lowest BCUT2D eigenvalue weighted by Gasteiger charge is -2.20. The number of halogens is 3. The molecule has 1 atom stereocenters. The summed E-state index contributed by atoms with van der Waals surface area (Å²) in [5.74, 6) is 0.803. The molecule has 0 aromatic heterocycles. The van der Waals surface area contributed by atoms with E-state index >= 15 is 0 Å². The summed E-state index contributed by atoms with van der Waals surface area (Å²) < 4.78 is 6.18. The third-order valence-electron chi connectivity index (χ3n) is 3.08. The van der Waals surface area contributed by atoms with Crippen LogP contribution in [-0.4, -0.2) is 14.2 Å². The lowest BCUT2D eigenvalue weighted by Crippen LogP contribution is -2.18. The van der Waals surface area contributed by atoms with Crippen molar-refractivity contribution in [3.8, 4) is 5.75 Å². The molecule has 0 amide bonds. The van der Waals surface area contributed by atoms with E-state index in [1.165, 1.54) is 0 Å². The molecule has 106 valence electrons. The second kappa shape index (κ2) is 6.81. The van der Waals surface area contributed by atoms with E-state index in [9.17, 15) is 0 Å². The van der Waals surface area contributed by atoms with Gasteiger partial charge in [-0.3, -0.25) is 0 Å². The third-order valence-corrected chi connectivity index (χ3v) is 4.33. The molecule has 0 heterocycles. The topological polar surface area (TPSA) is 21.3 Å². The minimum atomic E-state index is -0.0277. The van der Waals surface area contributed by atoms with Crippen molar-refractivity contribution < 1.29 is 4.74 Å². The van der Waals surface area contributed by atoms with Gasteiger partial charge in [0.1, 0.15) is 5.75 Å². The maximum absolute atomic E-state index is 6.30. The molecule has 0 radical (unpaired) electrons. The average Bonchev–Trinajstić information content (AvgIpc) is 2.43. The zero-order valence-electron chi connectivity index (χ0n) is 11.1. The summed E-state index contributed by atoms with van der Waals surface area (Å²) in [4.78, 5) is 0. The molecule has 0 aliphatic heterocycles. The summed E-state index contributed by atoms with van der Waals surface area (Å²) in [5.41, 5.74) is 2.06. The lowest BCUT2D eigenvalue weighted by molar-refractivity contribution is 0.414. The molecule has 2 aromatic carbocycles. The molecule has 1 unspecified atom stereocenters. The standard InChI is InChI=1S/C15H14BrCl2NO/c1-19-15(12-5-3-9(17)7-14(12)18)11-6-4-10(20-2)8-13(11)16/h3-8,15,19H,1-2H3. The first-order valence-electron chi connectivity index (χ1n) is 6.02. The number of nitrogens with one attached hydrogen (secondary N) is 1. The molecule has 2 rings (SSSR count). The second-order valence-electron chi connectivity index (χ2n) is 4.27. The molecule has 0 saturated heterocycles. The molecular weight excluding hydrogens is 361 g/mol. The molecule has 2 aromatic rings. The molecule has 1 N–H and O–H groups in total. The Balaban J connectivity index is 2.47. The highest BCUT2D eigenvalue weighted by Gasteiger charge is 2.18. The molecule has 5 heteroatoms. The van der Waals surface area contributed by atoms with Crippen LogP contribution < -0.4 is 10.1 Å². The first-order chi connectivity index (χ1) is 9.56. The number of methoxy groups -OCH3 is 1. The first kappa shape index (κ1) is 15.6. The van der Waals surface area contributed by atoms with E-state index < -0.39 is 0 Å². The Hall–Kier alpha value is -0.740. The maximum atomic E-state index is 6.30. The first-order valence-corrected chi connectivity index (χ1v) is 7.57. The highest BCUT2D eigenvalue weighted by atomic mass is 79.9. The van der Waals surface area contributed by atoms with Crippen LogP contribution in [0.25, 0.3) is 0 Å². The molecule has 0 fully saturated rings. The lowest BCUT2D eigenvalue weighted by atomic mass is 9.98. The zero-order chi connectivity index (χ0) is 14.7. The fourth-order valence-corrected chi connectivity index (χ4v) is 3.19. The van der Waals surface area contributed by atoms with E-state index in [-0.39, 0.29) is 6.04 Å². The van der Waals surface area contributed by atoms with Crippen molar-refractivity contribution in [3.63, 3.8) is 0 Å². The Morgan fingerprint density at radius 3 is 2.35 bits per heavy atom. The van der Waals surface area contributed by atoms with Crippen molar-refractivity contribution in [2.45, 2.75) is 6.04 Å². The molecule has 0 bridgehead atoms. The van der Waals surface area contributed by atoms with Crippen LogP contribution in [0.4, 0.5) is 0 Å². The van der Waals surface area contributed by atoms with Crippen LogP contribution in [0, 0.1) is 0 Å². The molecule has 0 saturated carbocycles. The number of benzene rings is 2. The van der Waals surface area contributed by atoms with Crippen molar-refractivity contribution in [1.29, 1.82) is 0 Å². The number of hydrogen-bond donors (Lipinski definition) is 1. The largest absolute Gasteiger partial charge is 0.497 e. The van der Waals surface area contributed by atoms with Crippen molar-refractivity contribution >= 4 is 39.1 Å². The third kappa shape index (κ3) is 3.29. The number of rotatable bonds is 4. The van der Waals surface area contributed by atoms with Gasteiger partial charge in [-0.2, -0.15) is 0 Å². The van der Waals surface area contributed by atoms with Gasteiger partial charge in [-0.05, 0) is 42.4 Å². The van der Waals surface area contributed by atoms with Crippen LogP contribution in [0.5, 0.6) is 5.75 Å². The molecule has 0 spiro atoms. The van der Waals surface area contributed by atoms with E-state index in [1.54, 1.807) is 13.2 Å². The monoisotopic (exact) mass is 373 g/mol. The Morgan fingerprint density at radius 2 is 1.80 bits per heavy atom. The quantitative estimate of drug-likeness (QED) is 0.806. The van der Waals surface area contributed by atoms with Crippen molar-refractivity contribution in [1.82, 2.24) is 5.32 Å². The Bertz CT molecular complexity index is 619. The number of hydrogen-bond acceptors (Lipinski definition) is 2. The van der Waals surface area contributed by atoms with Crippen molar-refractivity contribution in [2.24, 2.45) is 0 Å². The fraction of sp³-hybridized carbons (Fsp3) is 0.200. The van der Waals surface area contributed by atoms with Gasteiger partial charge in [0.15, 0.2) is 0 Å². The van der Waals surface area contributed by atoms with Gasteiger partial charge in [-0.25, -0.2) is 0 Å². The molecular formula is C15H14BrCl2NO. The van der Waals surface area contributed by atoms with Crippen LogP contribution in [0.1, 0.15) is 17.2 Å². The summed E-state index contributed by atoms with van der Waals surface area (Å²) in [6.45, 7) is 0. The summed E-state index contributed by atoms with van der Waals surface area (Å²) in [6.07, 6.45) is 0. The molecule has 0 aliphatic carbocycles. The highest BCUT2D eigenvalue weighted by Crippen LogP contribution is 2.35. The van der Waals surface area contributed by atoms with Gasteiger partial charge in [0.05, 0.1) is 13.2 Å². The van der Waals surface area contributed by atoms with Crippen LogP contribution in [0.3, 0.4) is 0 Å². The van der Waals surface area contributed by atoms with Gasteiger partial charge < -0.3 is 10.1 Å². The molecule has 2 nitrogen and oxygen atoms in total. The fourth-order valence-electron chi connectivity index (χ4n) is 2.08. The molecule has 0 aliphatic rings. The van der Waals surface area contributed by atoms with Gasteiger partial charge in [-0.15, -0.1) is 0 Å². The van der Waals surface area contributed by atoms with Gasteiger partial charge >= 0.3 is 0 Å². The summed E-state index contributed by atoms with van der Waals surface area (Å²) in [5, 5.41) is 4.54. The summed E-state index contributed by atoms with van der Waals surface area (Å²) >= 11 is 15.8. The van der Waals surface area contributed by atoms with Gasteiger partial charge in [0, 0.05) is 14.5 Å². The van der Waals surface area contributed by atoms with Crippen molar-refractivity contribution in [2.75, 3.05) is 14.2 Å². The normalized spacial score (nSPS) is 12.2. The predicted molar refractivity (Wildman–Crippen MR) is 88.1 cm³/mol. The minimum absolute atomic E-state index is 0.0277. The van der Waals surface area contributed by atoms with Crippen LogP contribution in [0.15, 0.2) is 40.9 Å². The van der Waals surface area contributed by atoms with Gasteiger partial charge in [-0.1, -0.05) is 51.3 Å². The average molecular weight is 375 g/mol. The van der Waals surface area contributed by atoms with E-state index in [2.05, 4.69) is 21.2 Å². The summed E-state index contributed by atoms with van der Waals surface area (Å²) in [6, 6.07) is 11.4. The smallest absolute Gasteiger partial charge is 0.120 e. The van der Waals surface area contributed by atoms with Gasteiger partial charge in [0.2, 0.25) is 0 Å². The van der Waals surface area contributed by atoms with E-state index in [1.807, 2.05) is 37.4 Å². The zero-order valence-corrected chi connectivity index (χ0v) is 14.2. The Kier molecular flexibility index (Phi) is 5.33. The minimum Gasteiger partial charge on any atom is -0.497 e.